The second-order valence-corrected chi connectivity index (χ2v) is 9.92. The smallest absolute Gasteiger partial charge is 0.491 e. The molecule has 2 aliphatic carbocycles. The number of methoxy groups -OCH3 is 1. The average Bonchev–Trinajstić information content (AvgIpc) is 3.25. The lowest BCUT2D eigenvalue weighted by Gasteiger charge is -2.30. The molecule has 0 amide bonds. The van der Waals surface area contributed by atoms with Gasteiger partial charge in [0.1, 0.15) is 5.75 Å². The number of aliphatic hydroxyl groups excluding tert-OH is 1. The zero-order valence-electron chi connectivity index (χ0n) is 19.8. The van der Waals surface area contributed by atoms with E-state index in [2.05, 4.69) is 29.0 Å². The zero-order chi connectivity index (χ0) is 25.2. The summed E-state index contributed by atoms with van der Waals surface area (Å²) >= 11 is 0. The third-order valence-electron chi connectivity index (χ3n) is 7.57. The minimum absolute atomic E-state index is 0.00666. The van der Waals surface area contributed by atoms with Crippen molar-refractivity contribution in [1.82, 2.24) is 0 Å². The van der Waals surface area contributed by atoms with Gasteiger partial charge in [-0.2, -0.15) is 13.2 Å². The number of benzene rings is 2. The van der Waals surface area contributed by atoms with Crippen molar-refractivity contribution in [3.05, 3.63) is 64.7 Å². The highest BCUT2D eigenvalue weighted by molar-refractivity contribution is 5.75. The normalized spacial score (nSPS) is 25.1. The molecule has 0 aromatic heterocycles. The first-order valence-corrected chi connectivity index (χ1v) is 12.1. The third-order valence-corrected chi connectivity index (χ3v) is 7.57. The molecule has 0 heterocycles. The number of ether oxygens (including phenoxy) is 2. The van der Waals surface area contributed by atoms with Crippen LogP contribution in [0.2, 0.25) is 0 Å². The fourth-order valence-corrected chi connectivity index (χ4v) is 5.52. The van der Waals surface area contributed by atoms with E-state index in [0.717, 1.165) is 43.4 Å². The highest BCUT2D eigenvalue weighted by Crippen LogP contribution is 2.43. The Kier molecular flexibility index (Phi) is 7.43. The maximum absolute atomic E-state index is 12.5. The van der Waals surface area contributed by atoms with E-state index in [9.17, 15) is 23.1 Å². The summed E-state index contributed by atoms with van der Waals surface area (Å²) in [4.78, 5) is 11.1. The van der Waals surface area contributed by atoms with Crippen LogP contribution in [0.15, 0.2) is 42.5 Å². The highest BCUT2D eigenvalue weighted by Gasteiger charge is 2.48. The van der Waals surface area contributed by atoms with E-state index in [0.29, 0.717) is 12.3 Å². The number of nitrogens with two attached hydrogens (primary N) is 1. The molecule has 1 fully saturated rings. The molecular formula is C27H32F3NO4. The van der Waals surface area contributed by atoms with Crippen LogP contribution >= 0.6 is 0 Å². The number of halogens is 3. The van der Waals surface area contributed by atoms with Crippen molar-refractivity contribution < 1.29 is 32.5 Å². The van der Waals surface area contributed by atoms with Gasteiger partial charge >= 0.3 is 12.1 Å². The van der Waals surface area contributed by atoms with E-state index < -0.39 is 24.0 Å². The first-order chi connectivity index (χ1) is 16.6. The maximum Gasteiger partial charge on any atom is 0.491 e. The zero-order valence-corrected chi connectivity index (χ0v) is 19.8. The Balaban J connectivity index is 1.35. The van der Waals surface area contributed by atoms with Gasteiger partial charge in [-0.05, 0) is 91.5 Å². The largest absolute Gasteiger partial charge is 0.496 e. The summed E-state index contributed by atoms with van der Waals surface area (Å²) in [6.07, 6.45) is -0.874. The van der Waals surface area contributed by atoms with Crippen molar-refractivity contribution in [3.63, 3.8) is 0 Å². The molecule has 2 aromatic rings. The molecule has 1 saturated carbocycles. The predicted molar refractivity (Wildman–Crippen MR) is 125 cm³/mol. The van der Waals surface area contributed by atoms with Crippen LogP contribution in [0.25, 0.3) is 0 Å². The Morgan fingerprint density at radius 1 is 1.20 bits per heavy atom. The Bertz CT molecular complexity index is 1060. The third kappa shape index (κ3) is 5.81. The summed E-state index contributed by atoms with van der Waals surface area (Å²) in [5.74, 6) is -0.904. The molecule has 2 aromatic carbocycles. The summed E-state index contributed by atoms with van der Waals surface area (Å²) in [6.45, 7) is 0. The Labute approximate surface area is 203 Å². The van der Waals surface area contributed by atoms with Gasteiger partial charge < -0.3 is 20.3 Å². The van der Waals surface area contributed by atoms with Gasteiger partial charge in [-0.1, -0.05) is 36.4 Å². The van der Waals surface area contributed by atoms with Crippen molar-refractivity contribution in [2.75, 3.05) is 7.11 Å². The highest BCUT2D eigenvalue weighted by atomic mass is 19.4. The molecule has 0 radical (unpaired) electrons. The van der Waals surface area contributed by atoms with E-state index >= 15 is 0 Å². The number of fused-ring (bicyclic) bond motifs is 1. The monoisotopic (exact) mass is 491 g/mol. The molecule has 190 valence electrons. The van der Waals surface area contributed by atoms with Gasteiger partial charge in [0.15, 0.2) is 0 Å². The average molecular weight is 492 g/mol. The van der Waals surface area contributed by atoms with Crippen LogP contribution in [0.5, 0.6) is 5.75 Å². The number of carbonyl (C=O) groups is 1. The first-order valence-electron chi connectivity index (χ1n) is 12.1. The number of rotatable bonds is 7. The molecule has 4 atom stereocenters. The van der Waals surface area contributed by atoms with Crippen LogP contribution in [0.4, 0.5) is 13.2 Å². The molecule has 35 heavy (non-hydrogen) atoms. The molecule has 4 rings (SSSR count). The Morgan fingerprint density at radius 2 is 1.97 bits per heavy atom. The molecule has 3 N–H and O–H groups in total. The molecule has 2 aliphatic rings. The van der Waals surface area contributed by atoms with Gasteiger partial charge in [-0.25, -0.2) is 4.79 Å². The lowest BCUT2D eigenvalue weighted by Crippen LogP contribution is -2.51. The van der Waals surface area contributed by atoms with E-state index in [1.54, 1.807) is 7.11 Å². The summed E-state index contributed by atoms with van der Waals surface area (Å²) < 4.78 is 47.1. The number of carbonyl (C=O) groups excluding carboxylic acids is 1. The first kappa shape index (κ1) is 25.5. The van der Waals surface area contributed by atoms with Crippen LogP contribution in [0.1, 0.15) is 60.3 Å². The van der Waals surface area contributed by atoms with Gasteiger partial charge in [-0.3, -0.25) is 0 Å². The lowest BCUT2D eigenvalue weighted by molar-refractivity contribution is -0.227. The summed E-state index contributed by atoms with van der Waals surface area (Å²) in [7, 11) is 1.70. The van der Waals surface area contributed by atoms with Crippen molar-refractivity contribution in [1.29, 1.82) is 0 Å². The molecule has 0 spiro atoms. The number of alkyl halides is 3. The molecule has 0 saturated heterocycles. The molecule has 0 aliphatic heterocycles. The van der Waals surface area contributed by atoms with E-state index in [1.165, 1.54) is 16.7 Å². The van der Waals surface area contributed by atoms with Crippen LogP contribution < -0.4 is 10.5 Å². The van der Waals surface area contributed by atoms with Crippen LogP contribution in [-0.4, -0.2) is 36.2 Å². The lowest BCUT2D eigenvalue weighted by atomic mass is 9.79. The number of aryl methyl sites for hydroxylation is 2. The molecular weight excluding hydrogens is 459 g/mol. The second-order valence-electron chi connectivity index (χ2n) is 9.92. The topological polar surface area (TPSA) is 81.8 Å². The summed E-state index contributed by atoms with van der Waals surface area (Å²) in [6, 6.07) is 14.5. The van der Waals surface area contributed by atoms with Gasteiger partial charge in [0.2, 0.25) is 6.29 Å². The van der Waals surface area contributed by atoms with Gasteiger partial charge in [0.25, 0.3) is 0 Å². The molecule has 0 bridgehead atoms. The maximum atomic E-state index is 12.5. The summed E-state index contributed by atoms with van der Waals surface area (Å²) in [5, 5.41) is 10.1. The number of hydrogen-bond donors (Lipinski definition) is 2. The summed E-state index contributed by atoms with van der Waals surface area (Å²) in [5.41, 5.74) is 9.71. The van der Waals surface area contributed by atoms with Gasteiger partial charge in [-0.15, -0.1) is 0 Å². The SMILES string of the molecule is COc1ccccc1CC[C@H]1CCc2cc([C@H]3CC[C@](N)(C(O)OC(=O)C(F)(F)F)C3)ccc2C1. The molecule has 8 heteroatoms. The van der Waals surface area contributed by atoms with Crippen LogP contribution in [0.3, 0.4) is 0 Å². The van der Waals surface area contributed by atoms with Gasteiger partial charge in [0, 0.05) is 0 Å². The Morgan fingerprint density at radius 3 is 2.71 bits per heavy atom. The molecule has 1 unspecified atom stereocenters. The van der Waals surface area contributed by atoms with E-state index in [-0.39, 0.29) is 18.8 Å². The number of para-hydroxylation sites is 1. The number of aliphatic hydroxyl groups is 1. The minimum Gasteiger partial charge on any atom is -0.496 e. The number of esters is 1. The van der Waals surface area contributed by atoms with Crippen molar-refractivity contribution in [2.24, 2.45) is 11.7 Å². The van der Waals surface area contributed by atoms with Crippen molar-refractivity contribution in [3.8, 4) is 5.75 Å². The number of hydrogen-bond acceptors (Lipinski definition) is 5. The molecule has 5 nitrogen and oxygen atoms in total. The fourth-order valence-electron chi connectivity index (χ4n) is 5.52. The van der Waals surface area contributed by atoms with Crippen molar-refractivity contribution in [2.45, 2.75) is 75.3 Å². The quantitative estimate of drug-likeness (QED) is 0.429. The van der Waals surface area contributed by atoms with Crippen LogP contribution in [-0.2, 0) is 28.8 Å². The van der Waals surface area contributed by atoms with Gasteiger partial charge in [0.05, 0.1) is 12.6 Å². The van der Waals surface area contributed by atoms with E-state index in [4.69, 9.17) is 10.5 Å². The van der Waals surface area contributed by atoms with E-state index in [1.807, 2.05) is 18.2 Å². The standard InChI is InChI=1S/C27H32F3NO4/c1-34-23-5-3-2-4-18(23)8-6-17-7-9-20-15-21(11-10-19(20)14-17)22-12-13-26(31,16-22)24(32)35-25(33)27(28,29)30/h2-5,10-11,15,17,22,24,32H,6-9,12-14,16,31H2,1H3/t17-,22-,24?,26+/m0/s1. The minimum atomic E-state index is -5.17. The fraction of sp³-hybridized carbons (Fsp3) is 0.519. The van der Waals surface area contributed by atoms with Crippen LogP contribution in [0, 0.1) is 5.92 Å². The predicted octanol–water partition coefficient (Wildman–Crippen LogP) is 4.82. The van der Waals surface area contributed by atoms with Crippen molar-refractivity contribution >= 4 is 5.97 Å². The second kappa shape index (κ2) is 10.2. The Hall–Kier alpha value is -2.58.